The Morgan fingerprint density at radius 3 is 2.65 bits per heavy atom. The highest BCUT2D eigenvalue weighted by Crippen LogP contribution is 2.19. The van der Waals surface area contributed by atoms with Crippen LogP contribution in [0.4, 0.5) is 0 Å². The molecule has 1 aromatic heterocycles. The zero-order valence-electron chi connectivity index (χ0n) is 11.0. The predicted octanol–water partition coefficient (Wildman–Crippen LogP) is 0.639. The molecule has 1 heterocycles. The third kappa shape index (κ3) is 4.58. The Balaban J connectivity index is 2.67. The predicted molar refractivity (Wildman–Crippen MR) is 74.4 cm³/mol. The van der Waals surface area contributed by atoms with Gasteiger partial charge in [-0.1, -0.05) is 0 Å². The van der Waals surface area contributed by atoms with Crippen LogP contribution < -0.4 is 10.0 Å². The van der Waals surface area contributed by atoms with Crippen LogP contribution >= 0.6 is 11.3 Å². The smallest absolute Gasteiger partial charge is 0.303 e. The second-order valence-electron chi connectivity index (χ2n) is 4.16. The first-order valence-electron chi connectivity index (χ1n) is 5.81. The summed E-state index contributed by atoms with van der Waals surface area (Å²) in [5.41, 5.74) is 0. The molecule has 20 heavy (non-hydrogen) atoms. The number of hydrogen-bond acceptors (Lipinski definition) is 5. The van der Waals surface area contributed by atoms with Gasteiger partial charge in [-0.05, 0) is 26.5 Å². The Bertz CT molecular complexity index is 594. The Kier molecular flexibility index (Phi) is 5.66. The molecule has 3 N–H and O–H groups in total. The molecule has 0 aliphatic heterocycles. The quantitative estimate of drug-likeness (QED) is 0.682. The summed E-state index contributed by atoms with van der Waals surface area (Å²) in [7, 11) is -2.27. The SMILES string of the molecule is CNS(=O)(=O)c1csc(C(=O)NC(C)CCC(=O)O)c1. The van der Waals surface area contributed by atoms with Gasteiger partial charge in [-0.15, -0.1) is 11.3 Å². The molecule has 1 unspecified atom stereocenters. The molecule has 9 heteroatoms. The molecule has 7 nitrogen and oxygen atoms in total. The summed E-state index contributed by atoms with van der Waals surface area (Å²) in [5, 5.41) is 12.6. The van der Waals surface area contributed by atoms with Crippen molar-refractivity contribution in [3.8, 4) is 0 Å². The first kappa shape index (κ1) is 16.6. The fourth-order valence-corrected chi connectivity index (χ4v) is 3.31. The van der Waals surface area contributed by atoms with Gasteiger partial charge in [0.15, 0.2) is 0 Å². The van der Waals surface area contributed by atoms with Gasteiger partial charge in [-0.3, -0.25) is 9.59 Å². The van der Waals surface area contributed by atoms with E-state index in [1.807, 2.05) is 0 Å². The maximum atomic E-state index is 11.9. The minimum atomic E-state index is -3.56. The van der Waals surface area contributed by atoms with Gasteiger partial charge in [-0.2, -0.15) is 0 Å². The van der Waals surface area contributed by atoms with Gasteiger partial charge in [0.1, 0.15) is 0 Å². The molecule has 0 saturated heterocycles. The summed E-state index contributed by atoms with van der Waals surface area (Å²) in [5.74, 6) is -1.34. The van der Waals surface area contributed by atoms with Crippen molar-refractivity contribution >= 4 is 33.2 Å². The van der Waals surface area contributed by atoms with E-state index in [0.29, 0.717) is 6.42 Å². The average Bonchev–Trinajstić information content (AvgIpc) is 2.86. The second-order valence-corrected chi connectivity index (χ2v) is 6.96. The summed E-state index contributed by atoms with van der Waals surface area (Å²) in [4.78, 5) is 22.6. The van der Waals surface area contributed by atoms with Crippen molar-refractivity contribution < 1.29 is 23.1 Å². The van der Waals surface area contributed by atoms with Gasteiger partial charge in [-0.25, -0.2) is 13.1 Å². The fraction of sp³-hybridized carbons (Fsp3) is 0.455. The molecule has 0 aromatic carbocycles. The number of nitrogens with one attached hydrogen (secondary N) is 2. The lowest BCUT2D eigenvalue weighted by Gasteiger charge is -2.11. The van der Waals surface area contributed by atoms with Crippen molar-refractivity contribution in [3.63, 3.8) is 0 Å². The molecule has 1 amide bonds. The highest BCUT2D eigenvalue weighted by molar-refractivity contribution is 7.89. The first-order valence-corrected chi connectivity index (χ1v) is 8.17. The van der Waals surface area contributed by atoms with Crippen molar-refractivity contribution in [2.75, 3.05) is 7.05 Å². The molecule has 1 rings (SSSR count). The van der Waals surface area contributed by atoms with Crippen LogP contribution in [0.25, 0.3) is 0 Å². The fourth-order valence-electron chi connectivity index (χ4n) is 1.40. The van der Waals surface area contributed by atoms with Gasteiger partial charge in [0.2, 0.25) is 10.0 Å². The monoisotopic (exact) mass is 320 g/mol. The van der Waals surface area contributed by atoms with E-state index in [9.17, 15) is 18.0 Å². The minimum Gasteiger partial charge on any atom is -0.481 e. The molecule has 1 aromatic rings. The molecule has 0 aliphatic carbocycles. The van der Waals surface area contributed by atoms with E-state index in [1.165, 1.54) is 18.5 Å². The maximum Gasteiger partial charge on any atom is 0.303 e. The lowest BCUT2D eigenvalue weighted by molar-refractivity contribution is -0.137. The Hall–Kier alpha value is -1.45. The van der Waals surface area contributed by atoms with E-state index < -0.39 is 21.9 Å². The van der Waals surface area contributed by atoms with Crippen LogP contribution in [0.2, 0.25) is 0 Å². The van der Waals surface area contributed by atoms with E-state index in [4.69, 9.17) is 5.11 Å². The molecular formula is C11H16N2O5S2. The number of hydrogen-bond donors (Lipinski definition) is 3. The number of carbonyl (C=O) groups is 2. The van der Waals surface area contributed by atoms with Crippen LogP contribution in [0.15, 0.2) is 16.3 Å². The highest BCUT2D eigenvalue weighted by Gasteiger charge is 2.18. The van der Waals surface area contributed by atoms with E-state index in [-0.39, 0.29) is 22.2 Å². The average molecular weight is 320 g/mol. The summed E-state index contributed by atoms with van der Waals surface area (Å²) >= 11 is 1.02. The number of aliphatic carboxylic acids is 1. The number of carbonyl (C=O) groups excluding carboxylic acids is 1. The van der Waals surface area contributed by atoms with Crippen molar-refractivity contribution in [1.29, 1.82) is 0 Å². The van der Waals surface area contributed by atoms with Gasteiger partial charge >= 0.3 is 5.97 Å². The van der Waals surface area contributed by atoms with Gasteiger partial charge in [0.25, 0.3) is 5.91 Å². The van der Waals surface area contributed by atoms with E-state index in [0.717, 1.165) is 11.3 Å². The largest absolute Gasteiger partial charge is 0.481 e. The van der Waals surface area contributed by atoms with Crippen LogP contribution in [0.5, 0.6) is 0 Å². The third-order valence-corrected chi connectivity index (χ3v) is 5.02. The molecule has 0 spiro atoms. The molecule has 112 valence electrons. The van der Waals surface area contributed by atoms with Crippen LogP contribution in [0.1, 0.15) is 29.4 Å². The van der Waals surface area contributed by atoms with Crippen LogP contribution in [0, 0.1) is 0 Å². The van der Waals surface area contributed by atoms with Crippen molar-refractivity contribution in [3.05, 3.63) is 16.3 Å². The van der Waals surface area contributed by atoms with Crippen LogP contribution in [-0.2, 0) is 14.8 Å². The Morgan fingerprint density at radius 1 is 1.45 bits per heavy atom. The molecule has 0 fully saturated rings. The summed E-state index contributed by atoms with van der Waals surface area (Å²) in [6, 6.07) is 0.987. The van der Waals surface area contributed by atoms with E-state index >= 15 is 0 Å². The minimum absolute atomic E-state index is 0.0355. The van der Waals surface area contributed by atoms with Gasteiger partial charge < -0.3 is 10.4 Å². The maximum absolute atomic E-state index is 11.9. The third-order valence-electron chi connectivity index (χ3n) is 2.55. The summed E-state index contributed by atoms with van der Waals surface area (Å²) < 4.78 is 25.2. The zero-order chi connectivity index (χ0) is 15.3. The van der Waals surface area contributed by atoms with Crippen molar-refractivity contribution in [1.82, 2.24) is 10.0 Å². The molecule has 0 saturated carbocycles. The molecule has 1 atom stereocenters. The normalized spacial score (nSPS) is 12.9. The number of thiophene rings is 1. The van der Waals surface area contributed by atoms with Gasteiger partial charge in [0, 0.05) is 17.8 Å². The number of rotatable bonds is 7. The number of carboxylic acids is 1. The molecule has 0 bridgehead atoms. The lowest BCUT2D eigenvalue weighted by atomic mass is 10.2. The topological polar surface area (TPSA) is 113 Å². The van der Waals surface area contributed by atoms with Crippen LogP contribution in [-0.4, -0.2) is 38.5 Å². The van der Waals surface area contributed by atoms with E-state index in [1.54, 1.807) is 6.92 Å². The zero-order valence-corrected chi connectivity index (χ0v) is 12.7. The second kappa shape index (κ2) is 6.82. The number of amides is 1. The standard InChI is InChI=1S/C11H16N2O5S2/c1-7(3-4-10(14)15)13-11(16)9-5-8(6-19-9)20(17,18)12-2/h5-7,12H,3-4H2,1-2H3,(H,13,16)(H,14,15). The summed E-state index contributed by atoms with van der Waals surface area (Å²) in [6.07, 6.45) is 0.277. The highest BCUT2D eigenvalue weighted by atomic mass is 32.2. The number of sulfonamides is 1. The lowest BCUT2D eigenvalue weighted by Crippen LogP contribution is -2.32. The summed E-state index contributed by atoms with van der Waals surface area (Å²) in [6.45, 7) is 1.69. The van der Waals surface area contributed by atoms with Gasteiger partial charge in [0.05, 0.1) is 9.77 Å². The van der Waals surface area contributed by atoms with Crippen molar-refractivity contribution in [2.45, 2.75) is 30.7 Å². The van der Waals surface area contributed by atoms with Crippen molar-refractivity contribution in [2.24, 2.45) is 0 Å². The first-order chi connectivity index (χ1) is 9.26. The Morgan fingerprint density at radius 2 is 2.10 bits per heavy atom. The van der Waals surface area contributed by atoms with Crippen LogP contribution in [0.3, 0.4) is 0 Å². The van der Waals surface area contributed by atoms with E-state index in [2.05, 4.69) is 10.0 Å². The molecule has 0 aliphatic rings. The molecule has 0 radical (unpaired) electrons. The molecular weight excluding hydrogens is 304 g/mol. The Labute approximate surface area is 121 Å². The number of carboxylic acid groups (broad SMARTS) is 1.